The lowest BCUT2D eigenvalue weighted by Gasteiger charge is -2.18. The van der Waals surface area contributed by atoms with Crippen LogP contribution in [0, 0.1) is 0 Å². The van der Waals surface area contributed by atoms with E-state index in [1.54, 1.807) is 0 Å². The van der Waals surface area contributed by atoms with Crippen molar-refractivity contribution in [1.82, 2.24) is 0 Å². The lowest BCUT2D eigenvalue weighted by molar-refractivity contribution is -0.167. The minimum atomic E-state index is -0.762. The Morgan fingerprint density at radius 3 is 0.847 bits per heavy atom. The van der Waals surface area contributed by atoms with Gasteiger partial charge in [0.25, 0.3) is 0 Å². The van der Waals surface area contributed by atoms with Crippen molar-refractivity contribution in [2.24, 2.45) is 0 Å². The standard InChI is InChI=1S/C53H100O6/c1-4-7-10-13-16-19-21-23-24-25-26-27-28-30-31-34-37-40-43-46-52(55)58-49-50(48-57-51(54)45-42-39-36-33-18-15-12-9-6-3)59-53(56)47-44-41-38-35-32-29-22-20-17-14-11-8-5-2/h23-24,50H,4-22,25-49H2,1-3H3/b24-23-. The molecular weight excluding hydrogens is 733 g/mol. The molecule has 0 aliphatic carbocycles. The van der Waals surface area contributed by atoms with Crippen molar-refractivity contribution in [2.75, 3.05) is 13.2 Å². The van der Waals surface area contributed by atoms with E-state index in [0.717, 1.165) is 57.8 Å². The number of carbonyl (C=O) groups excluding carboxylic acids is 3. The molecule has 0 aliphatic rings. The van der Waals surface area contributed by atoms with Gasteiger partial charge in [0.2, 0.25) is 0 Å². The topological polar surface area (TPSA) is 78.9 Å². The third-order valence-electron chi connectivity index (χ3n) is 11.8. The summed E-state index contributed by atoms with van der Waals surface area (Å²) in [5.74, 6) is -0.854. The van der Waals surface area contributed by atoms with Gasteiger partial charge >= 0.3 is 17.9 Å². The number of unbranched alkanes of at least 4 members (excludes halogenated alkanes) is 35. The first-order valence-corrected chi connectivity index (χ1v) is 26.2. The Balaban J connectivity index is 4.24. The van der Waals surface area contributed by atoms with Crippen LogP contribution in [0.1, 0.15) is 290 Å². The average molecular weight is 833 g/mol. The molecule has 0 saturated heterocycles. The molecule has 0 rings (SSSR count). The van der Waals surface area contributed by atoms with Crippen LogP contribution in [0.4, 0.5) is 0 Å². The molecule has 6 nitrogen and oxygen atoms in total. The molecule has 6 heteroatoms. The maximum atomic E-state index is 12.8. The van der Waals surface area contributed by atoms with E-state index in [1.807, 2.05) is 0 Å². The van der Waals surface area contributed by atoms with Gasteiger partial charge in [-0.25, -0.2) is 0 Å². The van der Waals surface area contributed by atoms with Crippen LogP contribution in [0.15, 0.2) is 12.2 Å². The molecule has 0 fully saturated rings. The van der Waals surface area contributed by atoms with E-state index in [1.165, 1.54) is 193 Å². The van der Waals surface area contributed by atoms with E-state index in [2.05, 4.69) is 32.9 Å². The molecule has 0 radical (unpaired) electrons. The van der Waals surface area contributed by atoms with Crippen LogP contribution in [0.2, 0.25) is 0 Å². The van der Waals surface area contributed by atoms with Crippen LogP contribution in [0.25, 0.3) is 0 Å². The molecule has 0 N–H and O–H groups in total. The molecule has 0 bridgehead atoms. The highest BCUT2D eigenvalue weighted by atomic mass is 16.6. The molecule has 0 saturated carbocycles. The molecule has 0 aliphatic heterocycles. The third-order valence-corrected chi connectivity index (χ3v) is 11.8. The number of allylic oxidation sites excluding steroid dienone is 2. The largest absolute Gasteiger partial charge is 0.462 e. The lowest BCUT2D eigenvalue weighted by Crippen LogP contribution is -2.30. The van der Waals surface area contributed by atoms with Crippen molar-refractivity contribution < 1.29 is 28.6 Å². The molecule has 0 aromatic rings. The van der Waals surface area contributed by atoms with Gasteiger partial charge < -0.3 is 14.2 Å². The Bertz CT molecular complexity index is 916. The average Bonchev–Trinajstić information content (AvgIpc) is 3.23. The van der Waals surface area contributed by atoms with Crippen LogP contribution >= 0.6 is 0 Å². The van der Waals surface area contributed by atoms with Gasteiger partial charge in [0.05, 0.1) is 0 Å². The highest BCUT2D eigenvalue weighted by Crippen LogP contribution is 2.16. The summed E-state index contributed by atoms with van der Waals surface area (Å²) in [6.45, 7) is 6.65. The number of hydrogen-bond acceptors (Lipinski definition) is 6. The quantitative estimate of drug-likeness (QED) is 0.0263. The minimum absolute atomic E-state index is 0.0656. The molecule has 0 heterocycles. The number of hydrogen-bond donors (Lipinski definition) is 0. The summed E-state index contributed by atoms with van der Waals surface area (Å²) in [7, 11) is 0. The van der Waals surface area contributed by atoms with E-state index in [0.29, 0.717) is 19.3 Å². The molecule has 0 amide bonds. The Morgan fingerprint density at radius 1 is 0.322 bits per heavy atom. The zero-order valence-electron chi connectivity index (χ0n) is 39.8. The van der Waals surface area contributed by atoms with Gasteiger partial charge in [0.1, 0.15) is 13.2 Å². The molecule has 0 spiro atoms. The normalized spacial score (nSPS) is 12.0. The van der Waals surface area contributed by atoms with Crippen molar-refractivity contribution in [3.8, 4) is 0 Å². The zero-order valence-corrected chi connectivity index (χ0v) is 39.8. The van der Waals surface area contributed by atoms with Gasteiger partial charge in [-0.15, -0.1) is 0 Å². The highest BCUT2D eigenvalue weighted by Gasteiger charge is 2.19. The van der Waals surface area contributed by atoms with E-state index < -0.39 is 6.10 Å². The predicted molar refractivity (Wildman–Crippen MR) is 252 cm³/mol. The Hall–Kier alpha value is -1.85. The summed E-state index contributed by atoms with van der Waals surface area (Å²) in [6, 6.07) is 0. The first kappa shape index (κ1) is 57.1. The van der Waals surface area contributed by atoms with E-state index in [4.69, 9.17) is 14.2 Å². The van der Waals surface area contributed by atoms with Crippen molar-refractivity contribution >= 4 is 17.9 Å². The minimum Gasteiger partial charge on any atom is -0.462 e. The highest BCUT2D eigenvalue weighted by molar-refractivity contribution is 5.71. The Kier molecular flexibility index (Phi) is 47.3. The smallest absolute Gasteiger partial charge is 0.306 e. The molecule has 59 heavy (non-hydrogen) atoms. The van der Waals surface area contributed by atoms with Gasteiger partial charge in [-0.1, -0.05) is 238 Å². The summed E-state index contributed by atoms with van der Waals surface area (Å²) < 4.78 is 16.8. The van der Waals surface area contributed by atoms with Crippen molar-refractivity contribution in [1.29, 1.82) is 0 Å². The first-order valence-electron chi connectivity index (χ1n) is 26.2. The fourth-order valence-electron chi connectivity index (χ4n) is 7.79. The van der Waals surface area contributed by atoms with Crippen LogP contribution in [0.3, 0.4) is 0 Å². The van der Waals surface area contributed by atoms with E-state index in [-0.39, 0.29) is 31.1 Å². The number of ether oxygens (including phenoxy) is 3. The van der Waals surface area contributed by atoms with Crippen LogP contribution < -0.4 is 0 Å². The summed E-state index contributed by atoms with van der Waals surface area (Å²) in [6.07, 6.45) is 53.4. The summed E-state index contributed by atoms with van der Waals surface area (Å²) >= 11 is 0. The van der Waals surface area contributed by atoms with Gasteiger partial charge in [0.15, 0.2) is 6.10 Å². The number of esters is 3. The van der Waals surface area contributed by atoms with Crippen molar-refractivity contribution in [3.63, 3.8) is 0 Å². The van der Waals surface area contributed by atoms with Crippen LogP contribution in [-0.2, 0) is 28.6 Å². The van der Waals surface area contributed by atoms with E-state index >= 15 is 0 Å². The van der Waals surface area contributed by atoms with Gasteiger partial charge in [-0.3, -0.25) is 14.4 Å². The second-order valence-electron chi connectivity index (χ2n) is 17.8. The summed E-state index contributed by atoms with van der Waals surface area (Å²) in [5.41, 5.74) is 0. The van der Waals surface area contributed by atoms with Crippen molar-refractivity contribution in [3.05, 3.63) is 12.2 Å². The second kappa shape index (κ2) is 48.8. The second-order valence-corrected chi connectivity index (χ2v) is 17.8. The zero-order chi connectivity index (χ0) is 43.0. The van der Waals surface area contributed by atoms with Crippen molar-refractivity contribution in [2.45, 2.75) is 297 Å². The predicted octanol–water partition coefficient (Wildman–Crippen LogP) is 17.0. The fourth-order valence-corrected chi connectivity index (χ4v) is 7.79. The third kappa shape index (κ3) is 47.1. The van der Waals surface area contributed by atoms with Gasteiger partial charge in [-0.2, -0.15) is 0 Å². The van der Waals surface area contributed by atoms with Crippen LogP contribution in [-0.4, -0.2) is 37.2 Å². The molecule has 0 aromatic heterocycles. The van der Waals surface area contributed by atoms with Crippen LogP contribution in [0.5, 0.6) is 0 Å². The Labute approximate surface area is 367 Å². The molecular formula is C53H100O6. The van der Waals surface area contributed by atoms with E-state index in [9.17, 15) is 14.4 Å². The fraction of sp³-hybridized carbons (Fsp3) is 0.906. The molecule has 348 valence electrons. The summed E-state index contributed by atoms with van der Waals surface area (Å²) in [5, 5.41) is 0. The maximum absolute atomic E-state index is 12.8. The number of carbonyl (C=O) groups is 3. The summed E-state index contributed by atoms with van der Waals surface area (Å²) in [4.78, 5) is 37.9. The SMILES string of the molecule is CCCCCCCC/C=C\CCCCCCCCCCCC(=O)OCC(COC(=O)CCCCCCCCCCC)OC(=O)CCCCCCCCCCCCCCC. The molecule has 1 unspecified atom stereocenters. The Morgan fingerprint density at radius 2 is 0.559 bits per heavy atom. The molecule has 1 atom stereocenters. The maximum Gasteiger partial charge on any atom is 0.306 e. The first-order chi connectivity index (χ1) is 29.0. The lowest BCUT2D eigenvalue weighted by atomic mass is 10.0. The number of rotatable bonds is 48. The monoisotopic (exact) mass is 833 g/mol. The molecule has 0 aromatic carbocycles. The van der Waals surface area contributed by atoms with Gasteiger partial charge in [-0.05, 0) is 44.9 Å². The van der Waals surface area contributed by atoms with Gasteiger partial charge in [0, 0.05) is 19.3 Å².